The molecule has 0 aliphatic rings. The third kappa shape index (κ3) is 3.37. The zero-order chi connectivity index (χ0) is 13.1. The van der Waals surface area contributed by atoms with Gasteiger partial charge in [-0.25, -0.2) is 9.97 Å². The molecule has 2 atom stereocenters. The van der Waals surface area contributed by atoms with Gasteiger partial charge in [0.25, 0.3) is 0 Å². The van der Waals surface area contributed by atoms with Crippen LogP contribution >= 0.6 is 0 Å². The fourth-order valence-corrected chi connectivity index (χ4v) is 1.06. The van der Waals surface area contributed by atoms with E-state index in [4.69, 9.17) is 5.26 Å². The summed E-state index contributed by atoms with van der Waals surface area (Å²) in [5, 5.41) is 27.0. The van der Waals surface area contributed by atoms with Gasteiger partial charge < -0.3 is 10.2 Å². The lowest BCUT2D eigenvalue weighted by molar-refractivity contribution is -0.145. The molecule has 0 saturated heterocycles. The van der Waals surface area contributed by atoms with Gasteiger partial charge >= 0.3 is 6.18 Å². The molecule has 0 saturated carbocycles. The lowest BCUT2D eigenvalue weighted by Gasteiger charge is -2.15. The number of aromatic nitrogens is 2. The molecule has 0 bridgehead atoms. The number of hydrogen-bond acceptors (Lipinski definition) is 5. The number of nitrogens with zero attached hydrogens (tertiary/aromatic N) is 3. The monoisotopic (exact) mass is 247 g/mol. The second-order valence-electron chi connectivity index (χ2n) is 3.21. The molecule has 8 heteroatoms. The van der Waals surface area contributed by atoms with Gasteiger partial charge in [-0.3, -0.25) is 0 Å². The maximum atomic E-state index is 12.1. The van der Waals surface area contributed by atoms with Crippen LogP contribution in [0, 0.1) is 11.3 Å². The Bertz CT molecular complexity index is 413. The van der Waals surface area contributed by atoms with Crippen molar-refractivity contribution in [2.45, 2.75) is 24.8 Å². The average molecular weight is 247 g/mol. The van der Waals surface area contributed by atoms with Crippen LogP contribution in [-0.4, -0.2) is 26.3 Å². The van der Waals surface area contributed by atoms with Crippen molar-refractivity contribution in [2.24, 2.45) is 0 Å². The minimum atomic E-state index is -4.66. The molecule has 0 aliphatic carbocycles. The molecule has 1 rings (SSSR count). The molecule has 0 aliphatic heterocycles. The first-order valence-corrected chi connectivity index (χ1v) is 4.48. The first kappa shape index (κ1) is 13.3. The molecule has 2 unspecified atom stereocenters. The number of halogens is 3. The summed E-state index contributed by atoms with van der Waals surface area (Å²) in [5.74, 6) is -1.33. The number of hydrogen-bond donors (Lipinski definition) is 2. The molecular formula is C9H8F3N3O2. The normalized spacial score (nSPS) is 15.1. The van der Waals surface area contributed by atoms with E-state index in [-0.39, 0.29) is 12.0 Å². The summed E-state index contributed by atoms with van der Waals surface area (Å²) < 4.78 is 36.4. The molecule has 0 spiro atoms. The largest absolute Gasteiger partial charge is 0.451 e. The van der Waals surface area contributed by atoms with Crippen molar-refractivity contribution >= 4 is 0 Å². The van der Waals surface area contributed by atoms with Crippen molar-refractivity contribution in [1.82, 2.24) is 9.97 Å². The van der Waals surface area contributed by atoms with E-state index in [1.54, 1.807) is 6.07 Å². The van der Waals surface area contributed by atoms with Gasteiger partial charge in [0.05, 0.1) is 18.6 Å². The zero-order valence-electron chi connectivity index (χ0n) is 8.39. The summed E-state index contributed by atoms with van der Waals surface area (Å²) in [6.45, 7) is 0. The smallest absolute Gasteiger partial charge is 0.389 e. The van der Waals surface area contributed by atoms with E-state index in [1.165, 1.54) is 0 Å². The second-order valence-corrected chi connectivity index (χ2v) is 3.21. The van der Waals surface area contributed by atoms with Gasteiger partial charge in [-0.2, -0.15) is 18.4 Å². The van der Waals surface area contributed by atoms with Crippen LogP contribution in [0.2, 0.25) is 0 Å². The lowest BCUT2D eigenvalue weighted by atomic mass is 10.1. The van der Waals surface area contributed by atoms with Gasteiger partial charge in [-0.15, -0.1) is 0 Å². The van der Waals surface area contributed by atoms with E-state index < -0.39 is 24.2 Å². The predicted molar refractivity (Wildman–Crippen MR) is 48.2 cm³/mol. The average Bonchev–Trinajstić information content (AvgIpc) is 2.27. The highest BCUT2D eigenvalue weighted by Crippen LogP contribution is 2.26. The summed E-state index contributed by atoms with van der Waals surface area (Å²) >= 11 is 0. The molecule has 0 amide bonds. The molecule has 1 aromatic rings. The first-order chi connectivity index (χ1) is 7.86. The molecule has 1 heterocycles. The van der Waals surface area contributed by atoms with Gasteiger partial charge in [-0.1, -0.05) is 0 Å². The number of nitriles is 1. The second kappa shape index (κ2) is 5.07. The Morgan fingerprint density at radius 2 is 1.82 bits per heavy atom. The highest BCUT2D eigenvalue weighted by molar-refractivity contribution is 5.11. The van der Waals surface area contributed by atoms with Gasteiger partial charge in [0.15, 0.2) is 0 Å². The third-order valence-electron chi connectivity index (χ3n) is 1.93. The van der Waals surface area contributed by atoms with Crippen LogP contribution in [0.3, 0.4) is 0 Å². The van der Waals surface area contributed by atoms with E-state index in [0.29, 0.717) is 0 Å². The minimum absolute atomic E-state index is 0.0826. The van der Waals surface area contributed by atoms with Crippen LogP contribution in [-0.2, 0) is 6.18 Å². The number of alkyl halides is 3. The van der Waals surface area contributed by atoms with Crippen LogP contribution in [0.5, 0.6) is 0 Å². The molecule has 17 heavy (non-hydrogen) atoms. The quantitative estimate of drug-likeness (QED) is 0.824. The number of aliphatic hydroxyl groups excluding tert-OH is 2. The zero-order valence-corrected chi connectivity index (χ0v) is 8.39. The Labute approximate surface area is 94.2 Å². The number of aliphatic hydroxyl groups is 2. The SMILES string of the molecule is N#CCC(O)C(O)c1cnc(C(F)(F)F)nc1. The molecule has 5 nitrogen and oxygen atoms in total. The van der Waals surface area contributed by atoms with E-state index in [1.807, 2.05) is 0 Å². The van der Waals surface area contributed by atoms with Crippen molar-refractivity contribution in [3.63, 3.8) is 0 Å². The third-order valence-corrected chi connectivity index (χ3v) is 1.93. The van der Waals surface area contributed by atoms with Gasteiger partial charge in [-0.05, 0) is 0 Å². The summed E-state index contributed by atoms with van der Waals surface area (Å²) in [6, 6.07) is 1.62. The molecule has 1 aromatic heterocycles. The molecule has 0 aromatic carbocycles. The van der Waals surface area contributed by atoms with Crippen LogP contribution < -0.4 is 0 Å². The van der Waals surface area contributed by atoms with Crippen molar-refractivity contribution in [3.05, 3.63) is 23.8 Å². The van der Waals surface area contributed by atoms with Crippen molar-refractivity contribution in [1.29, 1.82) is 5.26 Å². The van der Waals surface area contributed by atoms with Gasteiger partial charge in [0.1, 0.15) is 6.10 Å². The summed E-state index contributed by atoms with van der Waals surface area (Å²) in [4.78, 5) is 6.05. The van der Waals surface area contributed by atoms with Crippen molar-refractivity contribution in [2.75, 3.05) is 0 Å². The van der Waals surface area contributed by atoms with Gasteiger partial charge in [0.2, 0.25) is 5.82 Å². The number of rotatable bonds is 3. The van der Waals surface area contributed by atoms with E-state index in [0.717, 1.165) is 12.4 Å². The van der Waals surface area contributed by atoms with Gasteiger partial charge in [0, 0.05) is 18.0 Å². The van der Waals surface area contributed by atoms with Crippen molar-refractivity contribution < 1.29 is 23.4 Å². The highest BCUT2D eigenvalue weighted by atomic mass is 19.4. The summed E-state index contributed by atoms with van der Waals surface area (Å²) in [5.41, 5.74) is -0.0826. The molecule has 92 valence electrons. The topological polar surface area (TPSA) is 90.0 Å². The Morgan fingerprint density at radius 1 is 1.29 bits per heavy atom. The first-order valence-electron chi connectivity index (χ1n) is 4.48. The standard InChI is InChI=1S/C9H8F3N3O2/c10-9(11,12)8-14-3-5(4-15-8)7(17)6(16)1-2-13/h3-4,6-7,16-17H,1H2. The van der Waals surface area contributed by atoms with E-state index in [2.05, 4.69) is 9.97 Å². The maximum Gasteiger partial charge on any atom is 0.451 e. The van der Waals surface area contributed by atoms with Crippen LogP contribution in [0.15, 0.2) is 12.4 Å². The minimum Gasteiger partial charge on any atom is -0.389 e. The Hall–Kier alpha value is -1.72. The fraction of sp³-hybridized carbons (Fsp3) is 0.444. The van der Waals surface area contributed by atoms with Crippen LogP contribution in [0.4, 0.5) is 13.2 Å². The summed E-state index contributed by atoms with van der Waals surface area (Å²) in [6.07, 6.45) is -6.35. The Balaban J connectivity index is 2.85. The highest BCUT2D eigenvalue weighted by Gasteiger charge is 2.34. The fourth-order valence-electron chi connectivity index (χ4n) is 1.06. The lowest BCUT2D eigenvalue weighted by Crippen LogP contribution is -2.19. The summed E-state index contributed by atoms with van der Waals surface area (Å²) in [7, 11) is 0. The predicted octanol–water partition coefficient (Wildman–Crippen LogP) is 0.803. The molecule has 2 N–H and O–H groups in total. The molecular weight excluding hydrogens is 239 g/mol. The van der Waals surface area contributed by atoms with Crippen LogP contribution in [0.25, 0.3) is 0 Å². The van der Waals surface area contributed by atoms with E-state index >= 15 is 0 Å². The Kier molecular flexibility index (Phi) is 3.98. The van der Waals surface area contributed by atoms with Crippen LogP contribution in [0.1, 0.15) is 23.9 Å². The molecule has 0 fully saturated rings. The molecule has 0 radical (unpaired) electrons. The maximum absolute atomic E-state index is 12.1. The Morgan fingerprint density at radius 3 is 2.24 bits per heavy atom. The van der Waals surface area contributed by atoms with E-state index in [9.17, 15) is 23.4 Å². The van der Waals surface area contributed by atoms with Crippen molar-refractivity contribution in [3.8, 4) is 6.07 Å².